The molecule has 0 spiro atoms. The van der Waals surface area contributed by atoms with Crippen molar-refractivity contribution < 1.29 is 23.5 Å². The molecule has 0 bridgehead atoms. The molecule has 0 aromatic carbocycles. The van der Waals surface area contributed by atoms with Crippen molar-refractivity contribution in [1.29, 1.82) is 0 Å². The van der Waals surface area contributed by atoms with Crippen molar-refractivity contribution in [3.63, 3.8) is 0 Å². The Morgan fingerprint density at radius 2 is 2.12 bits per heavy atom. The maximum Gasteiger partial charge on any atom is 0.341 e. The zero-order valence-corrected chi connectivity index (χ0v) is 14.4. The molecule has 24 heavy (non-hydrogen) atoms. The molecule has 2 rings (SSSR count). The number of amides is 1. The van der Waals surface area contributed by atoms with E-state index in [1.54, 1.807) is 26.0 Å². The van der Waals surface area contributed by atoms with Gasteiger partial charge in [-0.1, -0.05) is 0 Å². The van der Waals surface area contributed by atoms with Crippen molar-refractivity contribution in [2.45, 2.75) is 20.8 Å². The van der Waals surface area contributed by atoms with E-state index in [4.69, 9.17) is 9.15 Å². The minimum atomic E-state index is -0.566. The van der Waals surface area contributed by atoms with Crippen molar-refractivity contribution >= 4 is 40.1 Å². The van der Waals surface area contributed by atoms with Gasteiger partial charge in [-0.05, 0) is 44.5 Å². The van der Waals surface area contributed by atoms with Gasteiger partial charge < -0.3 is 14.5 Å². The Hall–Kier alpha value is -2.67. The summed E-state index contributed by atoms with van der Waals surface area (Å²) in [7, 11) is 0. The minimum absolute atomic E-state index is 0.172. The first-order valence-corrected chi connectivity index (χ1v) is 8.09. The fourth-order valence-corrected chi connectivity index (χ4v) is 3.18. The van der Waals surface area contributed by atoms with Crippen LogP contribution in [0.1, 0.15) is 45.2 Å². The Morgan fingerprint density at radius 1 is 1.38 bits per heavy atom. The SMILES string of the molecule is CCOC(=O)c1c(NC(=O)/C=C/c2ccco2)sc(C(C)=O)c1C. The van der Waals surface area contributed by atoms with E-state index in [1.165, 1.54) is 25.3 Å². The largest absolute Gasteiger partial charge is 0.465 e. The van der Waals surface area contributed by atoms with Crippen molar-refractivity contribution in [3.05, 3.63) is 46.2 Å². The zero-order chi connectivity index (χ0) is 17.7. The van der Waals surface area contributed by atoms with Gasteiger partial charge in [-0.25, -0.2) is 4.79 Å². The van der Waals surface area contributed by atoms with Gasteiger partial charge >= 0.3 is 5.97 Å². The van der Waals surface area contributed by atoms with Crippen LogP contribution in [0.15, 0.2) is 28.9 Å². The van der Waals surface area contributed by atoms with Crippen molar-refractivity contribution in [2.75, 3.05) is 11.9 Å². The number of rotatable bonds is 6. The molecule has 1 N–H and O–H groups in total. The van der Waals surface area contributed by atoms with Crippen LogP contribution in [0.5, 0.6) is 0 Å². The van der Waals surface area contributed by atoms with E-state index in [1.807, 2.05) is 0 Å². The van der Waals surface area contributed by atoms with Gasteiger partial charge in [-0.15, -0.1) is 11.3 Å². The number of hydrogen-bond acceptors (Lipinski definition) is 6. The summed E-state index contributed by atoms with van der Waals surface area (Å²) in [5.74, 6) is -0.644. The molecule has 0 atom stereocenters. The van der Waals surface area contributed by atoms with Crippen LogP contribution in [-0.4, -0.2) is 24.3 Å². The second-order valence-corrected chi connectivity index (χ2v) is 5.90. The molecule has 2 heterocycles. The van der Waals surface area contributed by atoms with E-state index in [0.29, 0.717) is 21.2 Å². The third kappa shape index (κ3) is 3.99. The van der Waals surface area contributed by atoms with Crippen molar-refractivity contribution in [3.8, 4) is 0 Å². The topological polar surface area (TPSA) is 85.6 Å². The van der Waals surface area contributed by atoms with Crippen LogP contribution in [0.3, 0.4) is 0 Å². The average Bonchev–Trinajstić information content (AvgIpc) is 3.13. The number of esters is 1. The van der Waals surface area contributed by atoms with E-state index < -0.39 is 11.9 Å². The molecule has 6 nitrogen and oxygen atoms in total. The summed E-state index contributed by atoms with van der Waals surface area (Å²) in [6.45, 7) is 4.97. The number of nitrogens with one attached hydrogen (secondary N) is 1. The molecule has 0 fully saturated rings. The highest BCUT2D eigenvalue weighted by Gasteiger charge is 2.24. The summed E-state index contributed by atoms with van der Waals surface area (Å²) >= 11 is 1.06. The summed E-state index contributed by atoms with van der Waals surface area (Å²) < 4.78 is 10.1. The lowest BCUT2D eigenvalue weighted by Gasteiger charge is -2.05. The van der Waals surface area contributed by atoms with Crippen LogP contribution >= 0.6 is 11.3 Å². The summed E-state index contributed by atoms with van der Waals surface area (Å²) in [5.41, 5.74) is 0.725. The van der Waals surface area contributed by atoms with Gasteiger partial charge in [0.05, 0.1) is 23.3 Å². The smallest absolute Gasteiger partial charge is 0.341 e. The second kappa shape index (κ2) is 7.74. The van der Waals surface area contributed by atoms with Crippen LogP contribution in [0.4, 0.5) is 5.00 Å². The summed E-state index contributed by atoms with van der Waals surface area (Å²) in [4.78, 5) is 36.3. The predicted octanol–water partition coefficient (Wildman–Crippen LogP) is 3.68. The van der Waals surface area contributed by atoms with E-state index in [-0.39, 0.29) is 18.0 Å². The molecular formula is C17H17NO5S. The van der Waals surface area contributed by atoms with Crippen LogP contribution in [0.2, 0.25) is 0 Å². The quantitative estimate of drug-likeness (QED) is 0.489. The van der Waals surface area contributed by atoms with Gasteiger partial charge in [-0.3, -0.25) is 9.59 Å². The molecule has 2 aromatic rings. The molecule has 0 saturated heterocycles. The molecule has 0 radical (unpaired) electrons. The van der Waals surface area contributed by atoms with Gasteiger partial charge in [0.2, 0.25) is 5.91 Å². The van der Waals surface area contributed by atoms with Crippen LogP contribution in [-0.2, 0) is 9.53 Å². The lowest BCUT2D eigenvalue weighted by atomic mass is 10.1. The number of carbonyl (C=O) groups excluding carboxylic acids is 3. The molecular weight excluding hydrogens is 330 g/mol. The molecule has 0 saturated carbocycles. The van der Waals surface area contributed by atoms with Gasteiger partial charge in [0, 0.05) is 6.08 Å². The minimum Gasteiger partial charge on any atom is -0.465 e. The first-order valence-electron chi connectivity index (χ1n) is 7.28. The van der Waals surface area contributed by atoms with E-state index in [2.05, 4.69) is 5.32 Å². The Labute approximate surface area is 143 Å². The van der Waals surface area contributed by atoms with Gasteiger partial charge in [-0.2, -0.15) is 0 Å². The lowest BCUT2D eigenvalue weighted by molar-refractivity contribution is -0.111. The van der Waals surface area contributed by atoms with E-state index >= 15 is 0 Å². The number of Topliss-reactive ketones (excluding diaryl/α,β-unsaturated/α-hetero) is 1. The number of ketones is 1. The second-order valence-electron chi connectivity index (χ2n) is 4.87. The molecule has 7 heteroatoms. The molecule has 0 unspecified atom stereocenters. The number of hydrogen-bond donors (Lipinski definition) is 1. The molecule has 1 amide bonds. The summed E-state index contributed by atoms with van der Waals surface area (Å²) in [6, 6.07) is 3.41. The Balaban J connectivity index is 2.27. The first-order chi connectivity index (χ1) is 11.4. The maximum absolute atomic E-state index is 12.1. The molecule has 0 aliphatic rings. The Bertz CT molecular complexity index is 786. The molecule has 126 valence electrons. The fourth-order valence-electron chi connectivity index (χ4n) is 2.08. The highest BCUT2D eigenvalue weighted by atomic mass is 32.1. The van der Waals surface area contributed by atoms with Crippen LogP contribution < -0.4 is 5.32 Å². The van der Waals surface area contributed by atoms with Crippen LogP contribution in [0, 0.1) is 6.92 Å². The highest BCUT2D eigenvalue weighted by molar-refractivity contribution is 7.18. The van der Waals surface area contributed by atoms with E-state index in [0.717, 1.165) is 11.3 Å². The maximum atomic E-state index is 12.1. The fraction of sp³-hybridized carbons (Fsp3) is 0.235. The average molecular weight is 347 g/mol. The highest BCUT2D eigenvalue weighted by Crippen LogP contribution is 2.34. The van der Waals surface area contributed by atoms with Crippen molar-refractivity contribution in [1.82, 2.24) is 0 Å². The number of anilines is 1. The number of thiophene rings is 1. The van der Waals surface area contributed by atoms with Gasteiger partial charge in [0.25, 0.3) is 0 Å². The van der Waals surface area contributed by atoms with Gasteiger partial charge in [0.15, 0.2) is 5.78 Å². The monoisotopic (exact) mass is 347 g/mol. The molecule has 0 aliphatic heterocycles. The zero-order valence-electron chi connectivity index (χ0n) is 13.5. The molecule has 2 aromatic heterocycles. The number of carbonyl (C=O) groups is 3. The Kier molecular flexibility index (Phi) is 5.70. The van der Waals surface area contributed by atoms with Crippen molar-refractivity contribution in [2.24, 2.45) is 0 Å². The standard InChI is InChI=1S/C17H17NO5S/c1-4-22-17(21)14-10(2)15(11(3)19)24-16(14)18-13(20)8-7-12-6-5-9-23-12/h5-9H,4H2,1-3H3,(H,18,20)/b8-7+. The number of ether oxygens (including phenoxy) is 1. The van der Waals surface area contributed by atoms with Gasteiger partial charge in [0.1, 0.15) is 10.8 Å². The van der Waals surface area contributed by atoms with Crippen LogP contribution in [0.25, 0.3) is 6.08 Å². The summed E-state index contributed by atoms with van der Waals surface area (Å²) in [6.07, 6.45) is 4.29. The third-order valence-electron chi connectivity index (χ3n) is 3.12. The number of furan rings is 1. The van der Waals surface area contributed by atoms with E-state index in [9.17, 15) is 14.4 Å². The first kappa shape index (κ1) is 17.7. The third-order valence-corrected chi connectivity index (χ3v) is 4.43. The Morgan fingerprint density at radius 3 is 2.71 bits per heavy atom. The molecule has 0 aliphatic carbocycles. The normalized spacial score (nSPS) is 10.8. The summed E-state index contributed by atoms with van der Waals surface area (Å²) in [5, 5.41) is 2.92. The lowest BCUT2D eigenvalue weighted by Crippen LogP contribution is -2.12. The predicted molar refractivity (Wildman–Crippen MR) is 91.4 cm³/mol.